The molecule has 1 aliphatic heterocycles. The van der Waals surface area contributed by atoms with Gasteiger partial charge in [-0.2, -0.15) is 0 Å². The lowest BCUT2D eigenvalue weighted by Crippen LogP contribution is -2.41. The fourth-order valence-corrected chi connectivity index (χ4v) is 3.17. The average Bonchev–Trinajstić information content (AvgIpc) is 2.83. The third kappa shape index (κ3) is 2.41. The summed E-state index contributed by atoms with van der Waals surface area (Å²) in [5.74, 6) is 1.66. The zero-order valence-electron chi connectivity index (χ0n) is 11.3. The Hall–Kier alpha value is -0.940. The van der Waals surface area contributed by atoms with E-state index in [1.807, 2.05) is 6.07 Å². The van der Waals surface area contributed by atoms with Crippen LogP contribution in [0.5, 0.6) is 0 Å². The number of nitrogens with zero attached hydrogens (tertiary/aromatic N) is 2. The largest absolute Gasteiger partial charge is 0.340 e. The predicted molar refractivity (Wildman–Crippen MR) is 80.2 cm³/mol. The first-order valence-corrected chi connectivity index (χ1v) is 7.59. The SMILES string of the molecule is CC(C)(c1nc2ncc(Br)cc2[nH]1)C1CCCNC1. The van der Waals surface area contributed by atoms with Crippen LogP contribution in [-0.2, 0) is 5.41 Å². The number of halogens is 1. The van der Waals surface area contributed by atoms with Crippen LogP contribution in [0.15, 0.2) is 16.7 Å². The van der Waals surface area contributed by atoms with Gasteiger partial charge in [0.2, 0.25) is 0 Å². The smallest absolute Gasteiger partial charge is 0.177 e. The Labute approximate surface area is 121 Å². The molecular formula is C14H19BrN4. The highest BCUT2D eigenvalue weighted by Gasteiger charge is 2.34. The summed E-state index contributed by atoms with van der Waals surface area (Å²) in [7, 11) is 0. The summed E-state index contributed by atoms with van der Waals surface area (Å²) in [5.41, 5.74) is 1.84. The Morgan fingerprint density at radius 2 is 2.26 bits per heavy atom. The Kier molecular flexibility index (Phi) is 3.35. The molecule has 1 fully saturated rings. The van der Waals surface area contributed by atoms with Crippen molar-refractivity contribution in [3.63, 3.8) is 0 Å². The minimum atomic E-state index is 0.0423. The second-order valence-electron chi connectivity index (χ2n) is 5.88. The molecule has 0 spiro atoms. The van der Waals surface area contributed by atoms with E-state index in [0.29, 0.717) is 5.92 Å². The monoisotopic (exact) mass is 322 g/mol. The number of rotatable bonds is 2. The van der Waals surface area contributed by atoms with Gasteiger partial charge in [0.15, 0.2) is 5.65 Å². The van der Waals surface area contributed by atoms with E-state index >= 15 is 0 Å². The topological polar surface area (TPSA) is 53.6 Å². The molecule has 102 valence electrons. The first-order chi connectivity index (χ1) is 9.07. The number of H-pyrrole nitrogens is 1. The van der Waals surface area contributed by atoms with Gasteiger partial charge in [0.05, 0.1) is 5.52 Å². The molecule has 0 amide bonds. The molecule has 1 saturated heterocycles. The van der Waals surface area contributed by atoms with Crippen molar-refractivity contribution in [2.24, 2.45) is 5.92 Å². The van der Waals surface area contributed by atoms with Crippen LogP contribution in [0.25, 0.3) is 11.2 Å². The molecular weight excluding hydrogens is 304 g/mol. The van der Waals surface area contributed by atoms with Crippen molar-refractivity contribution in [3.8, 4) is 0 Å². The van der Waals surface area contributed by atoms with Gasteiger partial charge in [0.1, 0.15) is 5.82 Å². The van der Waals surface area contributed by atoms with E-state index in [4.69, 9.17) is 0 Å². The fraction of sp³-hybridized carbons (Fsp3) is 0.571. The molecule has 4 nitrogen and oxygen atoms in total. The van der Waals surface area contributed by atoms with Gasteiger partial charge >= 0.3 is 0 Å². The number of pyridine rings is 1. The summed E-state index contributed by atoms with van der Waals surface area (Å²) in [5, 5.41) is 3.49. The van der Waals surface area contributed by atoms with Crippen molar-refractivity contribution in [2.45, 2.75) is 32.1 Å². The van der Waals surface area contributed by atoms with Crippen LogP contribution >= 0.6 is 15.9 Å². The van der Waals surface area contributed by atoms with Crippen molar-refractivity contribution in [3.05, 3.63) is 22.6 Å². The maximum Gasteiger partial charge on any atom is 0.177 e. The molecule has 19 heavy (non-hydrogen) atoms. The predicted octanol–water partition coefficient (Wildman–Crippen LogP) is 3.00. The third-order valence-corrected chi connectivity index (χ3v) is 4.67. The highest BCUT2D eigenvalue weighted by atomic mass is 79.9. The number of hydrogen-bond donors (Lipinski definition) is 2. The van der Waals surface area contributed by atoms with E-state index in [0.717, 1.165) is 34.6 Å². The number of piperidine rings is 1. The van der Waals surface area contributed by atoms with Crippen LogP contribution < -0.4 is 5.32 Å². The fourth-order valence-electron chi connectivity index (χ4n) is 2.84. The van der Waals surface area contributed by atoms with Gasteiger partial charge in [-0.25, -0.2) is 9.97 Å². The summed E-state index contributed by atoms with van der Waals surface area (Å²) in [6.07, 6.45) is 4.30. The molecule has 0 bridgehead atoms. The van der Waals surface area contributed by atoms with Crippen molar-refractivity contribution >= 4 is 27.1 Å². The number of hydrogen-bond acceptors (Lipinski definition) is 3. The molecule has 0 radical (unpaired) electrons. The highest BCUT2D eigenvalue weighted by Crippen LogP contribution is 2.34. The quantitative estimate of drug-likeness (QED) is 0.893. The van der Waals surface area contributed by atoms with Gasteiger partial charge in [-0.3, -0.25) is 0 Å². The molecule has 2 N–H and O–H groups in total. The van der Waals surface area contributed by atoms with Crippen molar-refractivity contribution in [1.82, 2.24) is 20.3 Å². The molecule has 1 aliphatic rings. The Bertz CT molecular complexity index is 584. The van der Waals surface area contributed by atoms with Gasteiger partial charge in [-0.05, 0) is 53.8 Å². The van der Waals surface area contributed by atoms with Gasteiger partial charge in [0.25, 0.3) is 0 Å². The number of aromatic nitrogens is 3. The molecule has 0 aliphatic carbocycles. The normalized spacial score (nSPS) is 20.9. The molecule has 3 rings (SSSR count). The summed E-state index contributed by atoms with van der Waals surface area (Å²) in [4.78, 5) is 12.5. The van der Waals surface area contributed by atoms with Crippen molar-refractivity contribution in [1.29, 1.82) is 0 Å². The van der Waals surface area contributed by atoms with E-state index in [1.54, 1.807) is 6.20 Å². The van der Waals surface area contributed by atoms with Crippen molar-refractivity contribution < 1.29 is 0 Å². The van der Waals surface area contributed by atoms with E-state index in [1.165, 1.54) is 12.8 Å². The molecule has 1 unspecified atom stereocenters. The third-order valence-electron chi connectivity index (χ3n) is 4.23. The summed E-state index contributed by atoms with van der Waals surface area (Å²) < 4.78 is 0.979. The second-order valence-corrected chi connectivity index (χ2v) is 6.79. The number of aromatic amines is 1. The van der Waals surface area contributed by atoms with E-state index in [9.17, 15) is 0 Å². The minimum absolute atomic E-state index is 0.0423. The van der Waals surface area contributed by atoms with E-state index < -0.39 is 0 Å². The maximum absolute atomic E-state index is 4.69. The maximum atomic E-state index is 4.69. The zero-order chi connectivity index (χ0) is 13.5. The van der Waals surface area contributed by atoms with Gasteiger partial charge < -0.3 is 10.3 Å². The number of imidazole rings is 1. The Morgan fingerprint density at radius 1 is 1.42 bits per heavy atom. The van der Waals surface area contributed by atoms with Crippen LogP contribution in [0.2, 0.25) is 0 Å². The van der Waals surface area contributed by atoms with Gasteiger partial charge in [-0.15, -0.1) is 0 Å². The van der Waals surface area contributed by atoms with Gasteiger partial charge in [-0.1, -0.05) is 13.8 Å². The zero-order valence-corrected chi connectivity index (χ0v) is 12.9. The molecule has 2 aromatic heterocycles. The lowest BCUT2D eigenvalue weighted by Gasteiger charge is -2.35. The van der Waals surface area contributed by atoms with Crippen LogP contribution in [0.3, 0.4) is 0 Å². The summed E-state index contributed by atoms with van der Waals surface area (Å²) in [6, 6.07) is 2.04. The van der Waals surface area contributed by atoms with E-state index in [-0.39, 0.29) is 5.41 Å². The second kappa shape index (κ2) is 4.87. The molecule has 0 aromatic carbocycles. The number of nitrogens with one attached hydrogen (secondary N) is 2. The Balaban J connectivity index is 1.97. The number of fused-ring (bicyclic) bond motifs is 1. The highest BCUT2D eigenvalue weighted by molar-refractivity contribution is 9.10. The molecule has 3 heterocycles. The van der Waals surface area contributed by atoms with Crippen molar-refractivity contribution in [2.75, 3.05) is 13.1 Å². The van der Waals surface area contributed by atoms with Crippen LogP contribution in [0.4, 0.5) is 0 Å². The first-order valence-electron chi connectivity index (χ1n) is 6.80. The first kappa shape index (κ1) is 13.1. The molecule has 0 saturated carbocycles. The minimum Gasteiger partial charge on any atom is -0.340 e. The summed E-state index contributed by atoms with van der Waals surface area (Å²) in [6.45, 7) is 6.76. The van der Waals surface area contributed by atoms with Gasteiger partial charge in [0, 0.05) is 16.1 Å². The van der Waals surface area contributed by atoms with E-state index in [2.05, 4.69) is 50.0 Å². The van der Waals surface area contributed by atoms with Crippen LogP contribution in [0, 0.1) is 5.92 Å². The lowest BCUT2D eigenvalue weighted by atomic mass is 9.74. The Morgan fingerprint density at radius 3 is 3.00 bits per heavy atom. The average molecular weight is 323 g/mol. The molecule has 1 atom stereocenters. The van der Waals surface area contributed by atoms with Crippen LogP contribution in [0.1, 0.15) is 32.5 Å². The lowest BCUT2D eigenvalue weighted by molar-refractivity contribution is 0.243. The standard InChI is InChI=1S/C14H19BrN4/c1-14(2,9-4-3-5-16-7-9)13-18-11-6-10(15)8-17-12(11)19-13/h6,8-9,16H,3-5,7H2,1-2H3,(H,17,18,19). The molecule has 2 aromatic rings. The molecule has 5 heteroatoms. The summed E-state index contributed by atoms with van der Waals surface area (Å²) >= 11 is 3.45. The van der Waals surface area contributed by atoms with Crippen LogP contribution in [-0.4, -0.2) is 28.0 Å².